The number of hydrogen-bond acceptors (Lipinski definition) is 5. The number of aryl methyl sites for hydroxylation is 1. The fraction of sp³-hybridized carbons (Fsp3) is 0.800. The third kappa shape index (κ3) is 4.12. The van der Waals surface area contributed by atoms with Gasteiger partial charge in [0.2, 0.25) is 10.0 Å². The van der Waals surface area contributed by atoms with Crippen LogP contribution in [0.3, 0.4) is 0 Å². The highest BCUT2D eigenvalue weighted by atomic mass is 32.2. The Morgan fingerprint density at radius 1 is 1.39 bits per heavy atom. The molecule has 2 saturated heterocycles. The first-order valence-electron chi connectivity index (χ1n) is 8.44. The predicted molar refractivity (Wildman–Crippen MR) is 87.6 cm³/mol. The number of rotatable bonds is 7. The lowest BCUT2D eigenvalue weighted by atomic mass is 10.1. The Morgan fingerprint density at radius 2 is 2.17 bits per heavy atom. The van der Waals surface area contributed by atoms with Gasteiger partial charge >= 0.3 is 0 Å². The van der Waals surface area contributed by atoms with Gasteiger partial charge in [0.1, 0.15) is 11.9 Å². The molecule has 8 heteroatoms. The van der Waals surface area contributed by atoms with Crippen molar-refractivity contribution < 1.29 is 13.2 Å². The molecule has 2 atom stereocenters. The Labute approximate surface area is 138 Å². The van der Waals surface area contributed by atoms with Gasteiger partial charge in [0.05, 0.1) is 11.8 Å². The first-order chi connectivity index (χ1) is 11.1. The summed E-state index contributed by atoms with van der Waals surface area (Å²) in [5, 5.41) is 0. The molecule has 0 saturated carbocycles. The van der Waals surface area contributed by atoms with Gasteiger partial charge in [-0.05, 0) is 39.3 Å². The summed E-state index contributed by atoms with van der Waals surface area (Å²) in [6, 6.07) is -0.230. The largest absolute Gasteiger partial charge is 0.369 e. The molecule has 2 aliphatic heterocycles. The van der Waals surface area contributed by atoms with E-state index in [0.29, 0.717) is 19.6 Å². The van der Waals surface area contributed by atoms with E-state index in [4.69, 9.17) is 4.74 Å². The van der Waals surface area contributed by atoms with E-state index in [1.54, 1.807) is 6.20 Å². The molecule has 3 heterocycles. The van der Waals surface area contributed by atoms with Crippen LogP contribution in [0.2, 0.25) is 0 Å². The fourth-order valence-corrected chi connectivity index (χ4v) is 4.67. The minimum absolute atomic E-state index is 0.151. The minimum Gasteiger partial charge on any atom is -0.369 e. The maximum Gasteiger partial charge on any atom is 0.213 e. The molecule has 2 fully saturated rings. The molecule has 0 spiro atoms. The smallest absolute Gasteiger partial charge is 0.213 e. The number of nitrogens with one attached hydrogen (secondary N) is 1. The summed E-state index contributed by atoms with van der Waals surface area (Å²) in [4.78, 5) is 6.57. The number of ether oxygens (including phenoxy) is 1. The van der Waals surface area contributed by atoms with Crippen LogP contribution in [0.25, 0.3) is 0 Å². The van der Waals surface area contributed by atoms with E-state index in [0.717, 1.165) is 25.5 Å². The Morgan fingerprint density at radius 3 is 2.91 bits per heavy atom. The van der Waals surface area contributed by atoms with Crippen molar-refractivity contribution in [3.8, 4) is 0 Å². The Kier molecular flexibility index (Phi) is 5.35. The van der Waals surface area contributed by atoms with Crippen molar-refractivity contribution in [3.63, 3.8) is 0 Å². The summed E-state index contributed by atoms with van der Waals surface area (Å²) in [5.74, 6) is 0.954. The van der Waals surface area contributed by atoms with Crippen molar-refractivity contribution in [1.82, 2.24) is 19.2 Å². The van der Waals surface area contributed by atoms with Gasteiger partial charge in [0.25, 0.3) is 0 Å². The van der Waals surface area contributed by atoms with Crippen LogP contribution in [0.15, 0.2) is 12.4 Å². The molecule has 2 aliphatic rings. The summed E-state index contributed by atoms with van der Waals surface area (Å²) < 4.78 is 35.4. The zero-order valence-electron chi connectivity index (χ0n) is 13.6. The number of hydrogen-bond donors (Lipinski definition) is 1. The molecule has 3 rings (SSSR count). The molecule has 0 aliphatic carbocycles. The molecule has 130 valence electrons. The van der Waals surface area contributed by atoms with Gasteiger partial charge in [-0.25, -0.2) is 18.1 Å². The normalized spacial score (nSPS) is 26.1. The van der Waals surface area contributed by atoms with Crippen LogP contribution >= 0.6 is 0 Å². The highest BCUT2D eigenvalue weighted by Crippen LogP contribution is 2.28. The monoisotopic (exact) mass is 342 g/mol. The molecular formula is C15H26N4O3S. The van der Waals surface area contributed by atoms with Crippen molar-refractivity contribution in [1.29, 1.82) is 0 Å². The van der Waals surface area contributed by atoms with Crippen molar-refractivity contribution in [2.75, 3.05) is 32.0 Å². The summed E-state index contributed by atoms with van der Waals surface area (Å²) in [5.41, 5.74) is 0. The predicted octanol–water partition coefficient (Wildman–Crippen LogP) is 0.748. The van der Waals surface area contributed by atoms with Gasteiger partial charge in [-0.15, -0.1) is 0 Å². The molecule has 0 radical (unpaired) electrons. The van der Waals surface area contributed by atoms with E-state index in [1.165, 1.54) is 12.8 Å². The Balaban J connectivity index is 1.61. The van der Waals surface area contributed by atoms with Crippen molar-refractivity contribution >= 4 is 10.0 Å². The molecule has 1 N–H and O–H groups in total. The van der Waals surface area contributed by atoms with Gasteiger partial charge in [-0.1, -0.05) is 0 Å². The van der Waals surface area contributed by atoms with Gasteiger partial charge in [0.15, 0.2) is 0 Å². The number of likely N-dealkylation sites (tertiary alicyclic amines) is 1. The van der Waals surface area contributed by atoms with Crippen LogP contribution in [0.1, 0.15) is 38.1 Å². The van der Waals surface area contributed by atoms with E-state index in [9.17, 15) is 8.42 Å². The molecule has 1 aromatic heterocycles. The maximum atomic E-state index is 12.4. The first kappa shape index (κ1) is 16.9. The first-order valence-corrected chi connectivity index (χ1v) is 10.1. The lowest BCUT2D eigenvalue weighted by Crippen LogP contribution is -2.41. The van der Waals surface area contributed by atoms with Crippen LogP contribution < -0.4 is 4.72 Å². The Bertz CT molecular complexity index is 610. The molecule has 23 heavy (non-hydrogen) atoms. The lowest BCUT2D eigenvalue weighted by Gasteiger charge is -2.21. The maximum absolute atomic E-state index is 12.4. The highest BCUT2D eigenvalue weighted by Gasteiger charge is 2.35. The van der Waals surface area contributed by atoms with Crippen LogP contribution in [-0.2, 0) is 21.3 Å². The molecule has 0 bridgehead atoms. The highest BCUT2D eigenvalue weighted by molar-refractivity contribution is 7.89. The van der Waals surface area contributed by atoms with E-state index in [1.807, 2.05) is 17.7 Å². The number of aromatic nitrogens is 2. The van der Waals surface area contributed by atoms with Gasteiger partial charge in [-0.2, -0.15) is 0 Å². The van der Waals surface area contributed by atoms with Crippen LogP contribution in [0.4, 0.5) is 0 Å². The van der Waals surface area contributed by atoms with E-state index in [2.05, 4.69) is 14.6 Å². The molecule has 7 nitrogen and oxygen atoms in total. The molecule has 1 aromatic rings. The summed E-state index contributed by atoms with van der Waals surface area (Å²) in [7, 11) is -3.30. The average Bonchev–Trinajstić information content (AvgIpc) is 3.25. The number of sulfonamides is 1. The standard InChI is InChI=1S/C15H26N4O3S/c1-2-19-9-6-16-15(19)14-13(5-11-22-14)17-23(20,21)12-10-18-7-3-4-8-18/h6,9,13-14,17H,2-5,7-8,10-12H2,1H3/t13-,14-/m0/s1. The lowest BCUT2D eigenvalue weighted by molar-refractivity contribution is 0.0925. The summed E-state index contributed by atoms with van der Waals surface area (Å²) in [6.45, 7) is 6.02. The minimum atomic E-state index is -3.30. The fourth-order valence-electron chi connectivity index (χ4n) is 3.35. The number of nitrogens with zero attached hydrogens (tertiary/aromatic N) is 3. The van der Waals surface area contributed by atoms with E-state index < -0.39 is 10.0 Å². The SMILES string of the molecule is CCn1ccnc1[C@H]1OCC[C@@H]1NS(=O)(=O)CCN1CCCC1. The second-order valence-corrected chi connectivity index (χ2v) is 8.12. The molecule has 0 amide bonds. The van der Waals surface area contributed by atoms with E-state index in [-0.39, 0.29) is 17.9 Å². The van der Waals surface area contributed by atoms with Gasteiger partial charge < -0.3 is 14.2 Å². The average molecular weight is 342 g/mol. The summed E-state index contributed by atoms with van der Waals surface area (Å²) in [6.07, 6.45) is 6.36. The zero-order valence-corrected chi connectivity index (χ0v) is 14.5. The van der Waals surface area contributed by atoms with Crippen LogP contribution in [0, 0.1) is 0 Å². The van der Waals surface area contributed by atoms with Crippen LogP contribution in [0.5, 0.6) is 0 Å². The second kappa shape index (κ2) is 7.29. The number of imidazole rings is 1. The zero-order chi connectivity index (χ0) is 16.3. The van der Waals surface area contributed by atoms with Crippen molar-refractivity contribution in [3.05, 3.63) is 18.2 Å². The van der Waals surface area contributed by atoms with Crippen LogP contribution in [-0.4, -0.2) is 60.9 Å². The Hall–Kier alpha value is -0.960. The topological polar surface area (TPSA) is 76.5 Å². The second-order valence-electron chi connectivity index (χ2n) is 6.24. The molecule has 0 unspecified atom stereocenters. The van der Waals surface area contributed by atoms with Crippen molar-refractivity contribution in [2.24, 2.45) is 0 Å². The summed E-state index contributed by atoms with van der Waals surface area (Å²) >= 11 is 0. The van der Waals surface area contributed by atoms with E-state index >= 15 is 0 Å². The van der Waals surface area contributed by atoms with Gasteiger partial charge in [-0.3, -0.25) is 0 Å². The quantitative estimate of drug-likeness (QED) is 0.791. The van der Waals surface area contributed by atoms with Crippen molar-refractivity contribution in [2.45, 2.75) is 44.9 Å². The molecular weight excluding hydrogens is 316 g/mol. The van der Waals surface area contributed by atoms with Gasteiger partial charge in [0, 0.05) is 32.1 Å². The molecule has 0 aromatic carbocycles. The third-order valence-corrected chi connectivity index (χ3v) is 6.02. The third-order valence-electron chi connectivity index (χ3n) is 4.64.